The molecule has 0 N–H and O–H groups in total. The fraction of sp³-hybridized carbons (Fsp3) is 0.533. The number of carbonyl (C=O) groups is 1. The van der Waals surface area contributed by atoms with Crippen LogP contribution in [-0.2, 0) is 21.6 Å². The second-order valence-electron chi connectivity index (χ2n) is 5.41. The predicted molar refractivity (Wildman–Crippen MR) is 70.0 cm³/mol. The van der Waals surface area contributed by atoms with E-state index >= 15 is 0 Å². The Hall–Kier alpha value is -1.31. The van der Waals surface area contributed by atoms with E-state index in [9.17, 15) is 4.79 Å². The molecule has 0 fully saturated rings. The number of rotatable bonds is 3. The van der Waals surface area contributed by atoms with Gasteiger partial charge in [0.05, 0.1) is 0 Å². The average molecular weight is 234 g/mol. The molecule has 0 aliphatic carbocycles. The minimum absolute atomic E-state index is 0.149. The van der Waals surface area contributed by atoms with Crippen LogP contribution in [0.2, 0.25) is 0 Å². The summed E-state index contributed by atoms with van der Waals surface area (Å²) in [6.45, 7) is 10.8. The maximum atomic E-state index is 11.1. The van der Waals surface area contributed by atoms with Crippen LogP contribution in [0.15, 0.2) is 18.2 Å². The van der Waals surface area contributed by atoms with E-state index in [-0.39, 0.29) is 11.4 Å². The lowest BCUT2D eigenvalue weighted by Gasteiger charge is -2.20. The van der Waals surface area contributed by atoms with Crippen LogP contribution in [0, 0.1) is 6.92 Å². The summed E-state index contributed by atoms with van der Waals surface area (Å²) in [7, 11) is 0. The highest BCUT2D eigenvalue weighted by molar-refractivity contribution is 5.68. The zero-order chi connectivity index (χ0) is 13.1. The lowest BCUT2D eigenvalue weighted by atomic mass is 9.85. The lowest BCUT2D eigenvalue weighted by Crippen LogP contribution is -2.12. The first kappa shape index (κ1) is 13.8. The summed E-state index contributed by atoms with van der Waals surface area (Å²) in [4.78, 5) is 11.1. The molecule has 0 aliphatic heterocycles. The number of esters is 1. The molecule has 0 saturated heterocycles. The maximum Gasteiger partial charge on any atom is 0.305 e. The van der Waals surface area contributed by atoms with Crippen LogP contribution in [-0.4, -0.2) is 5.97 Å². The Morgan fingerprint density at radius 1 is 1.29 bits per heavy atom. The Morgan fingerprint density at radius 2 is 1.94 bits per heavy atom. The van der Waals surface area contributed by atoms with Gasteiger partial charge in [0.2, 0.25) is 0 Å². The third kappa shape index (κ3) is 3.88. The smallest absolute Gasteiger partial charge is 0.305 e. The average Bonchev–Trinajstić information content (AvgIpc) is 2.25. The van der Waals surface area contributed by atoms with Crippen LogP contribution in [0.3, 0.4) is 0 Å². The fourth-order valence-corrected chi connectivity index (χ4v) is 1.58. The highest BCUT2D eigenvalue weighted by Gasteiger charge is 2.14. The van der Waals surface area contributed by atoms with Crippen LogP contribution in [0.4, 0.5) is 0 Å². The molecule has 1 aromatic rings. The van der Waals surface area contributed by atoms with E-state index in [0.29, 0.717) is 13.0 Å². The van der Waals surface area contributed by atoms with Gasteiger partial charge in [0.1, 0.15) is 6.61 Å². The zero-order valence-electron chi connectivity index (χ0n) is 11.5. The highest BCUT2D eigenvalue weighted by atomic mass is 16.5. The van der Waals surface area contributed by atoms with Gasteiger partial charge in [-0.15, -0.1) is 0 Å². The Balaban J connectivity index is 2.80. The molecule has 17 heavy (non-hydrogen) atoms. The topological polar surface area (TPSA) is 26.3 Å². The monoisotopic (exact) mass is 234 g/mol. The van der Waals surface area contributed by atoms with Crippen LogP contribution in [0.5, 0.6) is 0 Å². The van der Waals surface area contributed by atoms with Crippen molar-refractivity contribution in [1.82, 2.24) is 0 Å². The van der Waals surface area contributed by atoms with Crippen molar-refractivity contribution in [3.63, 3.8) is 0 Å². The van der Waals surface area contributed by atoms with E-state index < -0.39 is 0 Å². The van der Waals surface area contributed by atoms with Gasteiger partial charge in [0.25, 0.3) is 0 Å². The van der Waals surface area contributed by atoms with Crippen LogP contribution in [0.1, 0.15) is 50.8 Å². The molecule has 2 nitrogen and oxygen atoms in total. The lowest BCUT2D eigenvalue weighted by molar-refractivity contribution is -0.144. The number of hydrogen-bond acceptors (Lipinski definition) is 2. The number of benzene rings is 1. The summed E-state index contributed by atoms with van der Waals surface area (Å²) in [5.74, 6) is -0.149. The predicted octanol–water partition coefficient (Wildman–Crippen LogP) is 3.75. The van der Waals surface area contributed by atoms with Gasteiger partial charge in [0, 0.05) is 6.42 Å². The Kier molecular flexibility index (Phi) is 4.33. The van der Waals surface area contributed by atoms with Gasteiger partial charge >= 0.3 is 5.97 Å². The largest absolute Gasteiger partial charge is 0.461 e. The molecule has 0 heterocycles. The van der Waals surface area contributed by atoms with Gasteiger partial charge in [-0.25, -0.2) is 0 Å². The molecule has 94 valence electrons. The SMILES string of the molecule is CCC(=O)OCc1ccc(C(C)(C)C)cc1C. The first-order chi connectivity index (χ1) is 7.84. The Bertz CT molecular complexity index is 400. The number of hydrogen-bond donors (Lipinski definition) is 0. The summed E-state index contributed by atoms with van der Waals surface area (Å²) < 4.78 is 5.14. The highest BCUT2D eigenvalue weighted by Crippen LogP contribution is 2.24. The summed E-state index contributed by atoms with van der Waals surface area (Å²) >= 11 is 0. The maximum absolute atomic E-state index is 11.1. The summed E-state index contributed by atoms with van der Waals surface area (Å²) in [6.07, 6.45) is 0.430. The first-order valence-electron chi connectivity index (χ1n) is 6.10. The van der Waals surface area contributed by atoms with Gasteiger partial charge in [-0.05, 0) is 29.0 Å². The quantitative estimate of drug-likeness (QED) is 0.745. The normalized spacial score (nSPS) is 11.4. The van der Waals surface area contributed by atoms with Crippen LogP contribution >= 0.6 is 0 Å². The molecule has 1 aromatic carbocycles. The molecule has 0 spiro atoms. The van der Waals surface area contributed by atoms with Crippen molar-refractivity contribution < 1.29 is 9.53 Å². The minimum atomic E-state index is -0.149. The molecule has 0 aromatic heterocycles. The van der Waals surface area contributed by atoms with Crippen molar-refractivity contribution in [1.29, 1.82) is 0 Å². The van der Waals surface area contributed by atoms with Crippen LogP contribution < -0.4 is 0 Å². The number of aryl methyl sites for hydroxylation is 1. The van der Waals surface area contributed by atoms with E-state index in [4.69, 9.17) is 4.74 Å². The molecule has 2 heteroatoms. The molecule has 0 aliphatic rings. The molecular weight excluding hydrogens is 212 g/mol. The molecular formula is C15H22O2. The van der Waals surface area contributed by atoms with Crippen molar-refractivity contribution >= 4 is 5.97 Å². The summed E-state index contributed by atoms with van der Waals surface area (Å²) in [6, 6.07) is 6.34. The number of carbonyl (C=O) groups excluding carboxylic acids is 1. The molecule has 0 atom stereocenters. The van der Waals surface area contributed by atoms with E-state index in [2.05, 4.69) is 45.9 Å². The standard InChI is InChI=1S/C15H22O2/c1-6-14(16)17-10-12-7-8-13(9-11(12)2)15(3,4)5/h7-9H,6,10H2,1-5H3. The Labute approximate surface area is 104 Å². The first-order valence-corrected chi connectivity index (χ1v) is 6.10. The van der Waals surface area contributed by atoms with Crippen LogP contribution in [0.25, 0.3) is 0 Å². The molecule has 0 saturated carbocycles. The summed E-state index contributed by atoms with van der Waals surface area (Å²) in [5.41, 5.74) is 3.73. The molecule has 0 radical (unpaired) electrons. The van der Waals surface area contributed by atoms with Crippen molar-refractivity contribution in [2.45, 2.75) is 53.1 Å². The summed E-state index contributed by atoms with van der Waals surface area (Å²) in [5, 5.41) is 0. The second kappa shape index (κ2) is 5.35. The third-order valence-electron chi connectivity index (χ3n) is 2.89. The van der Waals surface area contributed by atoms with Gasteiger partial charge in [-0.2, -0.15) is 0 Å². The molecule has 0 amide bonds. The van der Waals surface area contributed by atoms with E-state index in [1.165, 1.54) is 11.1 Å². The minimum Gasteiger partial charge on any atom is -0.461 e. The van der Waals surface area contributed by atoms with Crippen molar-refractivity contribution in [2.24, 2.45) is 0 Å². The van der Waals surface area contributed by atoms with Crippen molar-refractivity contribution in [3.05, 3.63) is 34.9 Å². The molecule has 1 rings (SSSR count). The van der Waals surface area contributed by atoms with Gasteiger partial charge in [-0.3, -0.25) is 4.79 Å². The van der Waals surface area contributed by atoms with Crippen molar-refractivity contribution in [2.75, 3.05) is 0 Å². The van der Waals surface area contributed by atoms with Gasteiger partial charge < -0.3 is 4.74 Å². The van der Waals surface area contributed by atoms with Crippen molar-refractivity contribution in [3.8, 4) is 0 Å². The molecule has 0 unspecified atom stereocenters. The van der Waals surface area contributed by atoms with E-state index in [1.54, 1.807) is 6.92 Å². The van der Waals surface area contributed by atoms with Gasteiger partial charge in [0.15, 0.2) is 0 Å². The van der Waals surface area contributed by atoms with E-state index in [0.717, 1.165) is 5.56 Å². The third-order valence-corrected chi connectivity index (χ3v) is 2.89. The fourth-order valence-electron chi connectivity index (χ4n) is 1.58. The zero-order valence-corrected chi connectivity index (χ0v) is 11.5. The second-order valence-corrected chi connectivity index (χ2v) is 5.41. The van der Waals surface area contributed by atoms with Gasteiger partial charge in [-0.1, -0.05) is 45.9 Å². The van der Waals surface area contributed by atoms with E-state index in [1.807, 2.05) is 0 Å². The molecule has 0 bridgehead atoms. The Morgan fingerprint density at radius 3 is 2.41 bits per heavy atom. The number of ether oxygens (including phenoxy) is 1.